The Hall–Kier alpha value is -0.880. The summed E-state index contributed by atoms with van der Waals surface area (Å²) >= 11 is 3.57. The molecule has 5 nitrogen and oxygen atoms in total. The highest BCUT2D eigenvalue weighted by atomic mass is 79.9. The summed E-state index contributed by atoms with van der Waals surface area (Å²) in [6, 6.07) is 0. The molecule has 0 atom stereocenters. The van der Waals surface area contributed by atoms with E-state index < -0.39 is 0 Å². The van der Waals surface area contributed by atoms with E-state index in [2.05, 4.69) is 25.9 Å². The van der Waals surface area contributed by atoms with Crippen molar-refractivity contribution in [3.05, 3.63) is 15.9 Å². The van der Waals surface area contributed by atoms with Crippen molar-refractivity contribution >= 4 is 21.8 Å². The van der Waals surface area contributed by atoms with Gasteiger partial charge in [-0.25, -0.2) is 0 Å². The molecule has 1 aliphatic rings. The van der Waals surface area contributed by atoms with E-state index in [9.17, 15) is 4.79 Å². The van der Waals surface area contributed by atoms with E-state index in [-0.39, 0.29) is 5.91 Å². The average molecular weight is 315 g/mol. The summed E-state index contributed by atoms with van der Waals surface area (Å²) in [4.78, 5) is 15.8. The second-order valence-corrected chi connectivity index (χ2v) is 5.64. The summed E-state index contributed by atoms with van der Waals surface area (Å²) in [6.07, 6.45) is 1.02. The van der Waals surface area contributed by atoms with Gasteiger partial charge in [-0.15, -0.1) is 0 Å². The van der Waals surface area contributed by atoms with Gasteiger partial charge in [0.15, 0.2) is 0 Å². The summed E-state index contributed by atoms with van der Waals surface area (Å²) in [5.74, 6) is 0.197. The quantitative estimate of drug-likeness (QED) is 0.822. The lowest BCUT2D eigenvalue weighted by Gasteiger charge is -2.19. The highest BCUT2D eigenvalue weighted by Gasteiger charge is 2.21. The maximum Gasteiger partial charge on any atom is 0.236 e. The van der Waals surface area contributed by atoms with Gasteiger partial charge in [0, 0.05) is 33.7 Å². The van der Waals surface area contributed by atoms with Gasteiger partial charge < -0.3 is 4.90 Å². The van der Waals surface area contributed by atoms with Gasteiger partial charge in [0.05, 0.1) is 22.4 Å². The van der Waals surface area contributed by atoms with Crippen LogP contribution in [-0.4, -0.2) is 52.2 Å². The molecule has 1 saturated heterocycles. The van der Waals surface area contributed by atoms with Crippen LogP contribution >= 0.6 is 15.9 Å². The summed E-state index contributed by atoms with van der Waals surface area (Å²) < 4.78 is 2.94. The van der Waals surface area contributed by atoms with Crippen LogP contribution in [0.15, 0.2) is 4.47 Å². The molecule has 18 heavy (non-hydrogen) atoms. The van der Waals surface area contributed by atoms with E-state index in [1.807, 2.05) is 30.6 Å². The van der Waals surface area contributed by atoms with Crippen molar-refractivity contribution < 1.29 is 4.79 Å². The van der Waals surface area contributed by atoms with Crippen molar-refractivity contribution in [3.8, 4) is 0 Å². The zero-order chi connectivity index (χ0) is 13.3. The fourth-order valence-corrected chi connectivity index (χ4v) is 2.71. The molecule has 100 valence electrons. The van der Waals surface area contributed by atoms with Gasteiger partial charge in [0.1, 0.15) is 0 Å². The molecule has 0 radical (unpaired) electrons. The lowest BCUT2D eigenvalue weighted by Crippen LogP contribution is -2.34. The van der Waals surface area contributed by atoms with E-state index in [4.69, 9.17) is 0 Å². The first-order valence-corrected chi connectivity index (χ1v) is 6.92. The number of amides is 1. The number of nitrogens with zero attached hydrogens (tertiary/aromatic N) is 4. The molecule has 0 aromatic carbocycles. The van der Waals surface area contributed by atoms with Crippen molar-refractivity contribution in [2.24, 2.45) is 7.05 Å². The Morgan fingerprint density at radius 2 is 2.06 bits per heavy atom. The fourth-order valence-electron chi connectivity index (χ4n) is 2.25. The lowest BCUT2D eigenvalue weighted by atomic mass is 10.3. The highest BCUT2D eigenvalue weighted by Crippen LogP contribution is 2.22. The molecule has 1 aliphatic heterocycles. The van der Waals surface area contributed by atoms with E-state index in [1.54, 1.807) is 0 Å². The molecule has 0 bridgehead atoms. The first-order valence-electron chi connectivity index (χ1n) is 6.13. The number of rotatable bonds is 2. The van der Waals surface area contributed by atoms with E-state index in [0.717, 1.165) is 41.9 Å². The molecule has 0 spiro atoms. The molecular formula is C12H19BrN4O. The third kappa shape index (κ3) is 2.75. The minimum Gasteiger partial charge on any atom is -0.345 e. The maximum absolute atomic E-state index is 11.8. The zero-order valence-corrected chi connectivity index (χ0v) is 12.7. The number of halogens is 1. The molecule has 1 aromatic rings. The van der Waals surface area contributed by atoms with Crippen LogP contribution in [0.3, 0.4) is 0 Å². The number of carbonyl (C=O) groups is 1. The van der Waals surface area contributed by atoms with Crippen molar-refractivity contribution in [2.45, 2.75) is 19.9 Å². The molecule has 2 rings (SSSR count). The van der Waals surface area contributed by atoms with Gasteiger partial charge >= 0.3 is 0 Å². The largest absolute Gasteiger partial charge is 0.345 e. The minimum atomic E-state index is 0.197. The van der Waals surface area contributed by atoms with Crippen molar-refractivity contribution in [2.75, 3.05) is 26.7 Å². The minimum absolute atomic E-state index is 0.197. The molecule has 1 fully saturated rings. The third-order valence-corrected chi connectivity index (χ3v) is 4.42. The molecule has 0 aliphatic carbocycles. The molecule has 2 heterocycles. The molecule has 0 saturated carbocycles. The van der Waals surface area contributed by atoms with Gasteiger partial charge in [-0.05, 0) is 29.3 Å². The van der Waals surface area contributed by atoms with Crippen molar-refractivity contribution in [1.29, 1.82) is 0 Å². The number of hydrogen-bond acceptors (Lipinski definition) is 3. The molecule has 0 unspecified atom stereocenters. The predicted molar refractivity (Wildman–Crippen MR) is 73.2 cm³/mol. The van der Waals surface area contributed by atoms with Crippen LogP contribution < -0.4 is 0 Å². The smallest absolute Gasteiger partial charge is 0.236 e. The van der Waals surface area contributed by atoms with Gasteiger partial charge in [-0.3, -0.25) is 14.4 Å². The van der Waals surface area contributed by atoms with Crippen molar-refractivity contribution in [3.63, 3.8) is 0 Å². The Bertz CT molecular complexity index is 457. The monoisotopic (exact) mass is 314 g/mol. The van der Waals surface area contributed by atoms with Crippen LogP contribution in [0.25, 0.3) is 0 Å². The van der Waals surface area contributed by atoms with Crippen molar-refractivity contribution in [1.82, 2.24) is 19.6 Å². The summed E-state index contributed by atoms with van der Waals surface area (Å²) in [7, 11) is 3.81. The predicted octanol–water partition coefficient (Wildman–Crippen LogP) is 1.16. The van der Waals surface area contributed by atoms with Crippen LogP contribution in [0.2, 0.25) is 0 Å². The normalized spacial score (nSPS) is 18.2. The molecular weight excluding hydrogens is 296 g/mol. The van der Waals surface area contributed by atoms with Gasteiger partial charge in [0.2, 0.25) is 5.91 Å². The Morgan fingerprint density at radius 3 is 2.67 bits per heavy atom. The van der Waals surface area contributed by atoms with Crippen LogP contribution in [0.4, 0.5) is 0 Å². The van der Waals surface area contributed by atoms with Crippen LogP contribution in [0.1, 0.15) is 17.8 Å². The highest BCUT2D eigenvalue weighted by molar-refractivity contribution is 9.10. The second-order valence-electron chi connectivity index (χ2n) is 4.85. The van der Waals surface area contributed by atoms with Gasteiger partial charge in [-0.1, -0.05) is 0 Å². The topological polar surface area (TPSA) is 41.4 Å². The number of aromatic nitrogens is 2. The average Bonchev–Trinajstić information content (AvgIpc) is 2.48. The Morgan fingerprint density at radius 1 is 1.33 bits per heavy atom. The fraction of sp³-hybridized carbons (Fsp3) is 0.667. The van der Waals surface area contributed by atoms with Gasteiger partial charge in [0.25, 0.3) is 0 Å². The maximum atomic E-state index is 11.8. The summed E-state index contributed by atoms with van der Waals surface area (Å²) in [5.41, 5.74) is 2.12. The first-order chi connectivity index (χ1) is 8.49. The van der Waals surface area contributed by atoms with E-state index in [0.29, 0.717) is 6.54 Å². The number of carbonyl (C=O) groups excluding carboxylic acids is 1. The third-order valence-electron chi connectivity index (χ3n) is 3.39. The first kappa shape index (κ1) is 13.5. The van der Waals surface area contributed by atoms with E-state index >= 15 is 0 Å². The number of hydrogen-bond donors (Lipinski definition) is 0. The van der Waals surface area contributed by atoms with Crippen LogP contribution in [0, 0.1) is 6.92 Å². The lowest BCUT2D eigenvalue weighted by molar-refractivity contribution is -0.130. The molecule has 6 heteroatoms. The number of likely N-dealkylation sites (N-methyl/N-ethyl adjacent to an activating group) is 1. The molecule has 0 N–H and O–H groups in total. The van der Waals surface area contributed by atoms with E-state index in [1.165, 1.54) is 0 Å². The molecule has 1 aromatic heterocycles. The Labute approximate surface area is 116 Å². The molecule has 1 amide bonds. The Kier molecular flexibility index (Phi) is 4.07. The van der Waals surface area contributed by atoms with Crippen LogP contribution in [-0.2, 0) is 18.4 Å². The van der Waals surface area contributed by atoms with Gasteiger partial charge in [-0.2, -0.15) is 5.10 Å². The summed E-state index contributed by atoms with van der Waals surface area (Å²) in [5, 5.41) is 4.38. The standard InChI is InChI=1S/C12H19BrN4O/c1-9-12(13)10(16(3)14-9)7-17-6-4-5-15(2)11(18)8-17/h4-8H2,1-3H3. The zero-order valence-electron chi connectivity index (χ0n) is 11.1. The summed E-state index contributed by atoms with van der Waals surface area (Å²) in [6.45, 7) is 5.03. The number of aryl methyl sites for hydroxylation is 2. The Balaban J connectivity index is 2.11. The van der Waals surface area contributed by atoms with Crippen LogP contribution in [0.5, 0.6) is 0 Å². The SMILES string of the molecule is Cc1nn(C)c(CN2CCCN(C)C(=O)C2)c1Br. The second kappa shape index (κ2) is 5.40.